The molecule has 14 heavy (non-hydrogen) atoms. The lowest BCUT2D eigenvalue weighted by molar-refractivity contribution is -0.139. The van der Waals surface area contributed by atoms with E-state index < -0.39 is 17.6 Å². The molecule has 6 heteroatoms. The van der Waals surface area contributed by atoms with Crippen LogP contribution in [-0.2, 0) is 4.79 Å². The van der Waals surface area contributed by atoms with Gasteiger partial charge in [-0.05, 0) is 19.3 Å². The molecule has 0 heterocycles. The molecule has 0 spiro atoms. The van der Waals surface area contributed by atoms with E-state index in [9.17, 15) is 9.90 Å². The molecule has 0 aromatic rings. The maximum Gasteiger partial charge on any atom is 0.320 e. The highest BCUT2D eigenvalue weighted by Gasteiger charge is 2.25. The Labute approximate surface area is 89.3 Å². The second-order valence-corrected chi connectivity index (χ2v) is 3.22. The summed E-state index contributed by atoms with van der Waals surface area (Å²) in [6.07, 6.45) is 0.754. The van der Waals surface area contributed by atoms with Crippen molar-refractivity contribution in [3.8, 4) is 0 Å². The summed E-state index contributed by atoms with van der Waals surface area (Å²) in [5.41, 5.74) is 4.05. The molecule has 0 aliphatic rings. The monoisotopic (exact) mass is 227 g/mol. The van der Waals surface area contributed by atoms with Gasteiger partial charge in [0.25, 0.3) is 0 Å². The highest BCUT2D eigenvalue weighted by molar-refractivity contribution is 5.85. The molecular formula is C8H18ClNO4. The van der Waals surface area contributed by atoms with Crippen molar-refractivity contribution in [3.05, 3.63) is 0 Å². The predicted molar refractivity (Wildman–Crippen MR) is 54.4 cm³/mol. The second kappa shape index (κ2) is 7.00. The van der Waals surface area contributed by atoms with Gasteiger partial charge in [-0.3, -0.25) is 4.79 Å². The summed E-state index contributed by atoms with van der Waals surface area (Å²) in [4.78, 5) is 10.3. The molecule has 0 aromatic carbocycles. The third-order valence-electron chi connectivity index (χ3n) is 2.19. The number of rotatable bonds is 6. The number of carbonyl (C=O) groups is 1. The standard InChI is InChI=1S/C8H17NO4.ClH/c1-2-8(13,5-10)4-3-6(9)7(11)12;/h6,10,13H,2-5,9H2,1H3,(H,11,12);1H. The van der Waals surface area contributed by atoms with E-state index in [1.807, 2.05) is 0 Å². The first-order valence-electron chi connectivity index (χ1n) is 4.27. The van der Waals surface area contributed by atoms with Crippen LogP contribution in [0, 0.1) is 0 Å². The fourth-order valence-corrected chi connectivity index (χ4v) is 0.915. The van der Waals surface area contributed by atoms with E-state index in [4.69, 9.17) is 15.9 Å². The van der Waals surface area contributed by atoms with Crippen LogP contribution in [0.2, 0.25) is 0 Å². The quantitative estimate of drug-likeness (QED) is 0.500. The lowest BCUT2D eigenvalue weighted by Crippen LogP contribution is -2.37. The molecule has 0 aliphatic heterocycles. The van der Waals surface area contributed by atoms with Gasteiger partial charge < -0.3 is 21.1 Å². The summed E-state index contributed by atoms with van der Waals surface area (Å²) in [5, 5.41) is 26.8. The molecular weight excluding hydrogens is 210 g/mol. The Bertz CT molecular complexity index is 173. The van der Waals surface area contributed by atoms with Gasteiger partial charge in [-0.1, -0.05) is 6.92 Å². The first-order chi connectivity index (χ1) is 5.95. The van der Waals surface area contributed by atoms with Crippen LogP contribution in [0.5, 0.6) is 0 Å². The van der Waals surface area contributed by atoms with Crippen LogP contribution in [0.4, 0.5) is 0 Å². The van der Waals surface area contributed by atoms with Crippen molar-refractivity contribution in [3.63, 3.8) is 0 Å². The molecule has 2 unspecified atom stereocenters. The molecule has 0 rings (SSSR count). The Hall–Kier alpha value is -0.360. The molecule has 86 valence electrons. The average molecular weight is 228 g/mol. The van der Waals surface area contributed by atoms with E-state index in [2.05, 4.69) is 0 Å². The first kappa shape index (κ1) is 16.1. The van der Waals surface area contributed by atoms with Crippen molar-refractivity contribution < 1.29 is 20.1 Å². The normalized spacial score (nSPS) is 16.6. The molecule has 0 aromatic heterocycles. The number of aliphatic carboxylic acids is 1. The van der Waals surface area contributed by atoms with Crippen LogP contribution >= 0.6 is 12.4 Å². The smallest absolute Gasteiger partial charge is 0.320 e. The van der Waals surface area contributed by atoms with Crippen LogP contribution < -0.4 is 5.73 Å². The zero-order valence-corrected chi connectivity index (χ0v) is 8.96. The Kier molecular flexibility index (Phi) is 8.04. The van der Waals surface area contributed by atoms with Crippen molar-refractivity contribution >= 4 is 18.4 Å². The van der Waals surface area contributed by atoms with Gasteiger partial charge in [0, 0.05) is 0 Å². The fraction of sp³-hybridized carbons (Fsp3) is 0.875. The molecule has 0 amide bonds. The first-order valence-corrected chi connectivity index (χ1v) is 4.27. The Morgan fingerprint density at radius 2 is 2.07 bits per heavy atom. The fourth-order valence-electron chi connectivity index (χ4n) is 0.915. The predicted octanol–water partition coefficient (Wildman–Crippen LogP) is -0.266. The lowest BCUT2D eigenvalue weighted by atomic mass is 9.93. The number of carboxylic acids is 1. The maximum absolute atomic E-state index is 10.3. The van der Waals surface area contributed by atoms with Crippen LogP contribution in [-0.4, -0.2) is 39.5 Å². The molecule has 0 aliphatic carbocycles. The Morgan fingerprint density at radius 1 is 1.57 bits per heavy atom. The minimum atomic E-state index is -1.19. The summed E-state index contributed by atoms with van der Waals surface area (Å²) >= 11 is 0. The van der Waals surface area contributed by atoms with Crippen molar-refractivity contribution in [2.45, 2.75) is 37.8 Å². The van der Waals surface area contributed by atoms with Crippen molar-refractivity contribution in [2.75, 3.05) is 6.61 Å². The number of nitrogens with two attached hydrogens (primary N) is 1. The number of carboxylic acid groups (broad SMARTS) is 1. The Morgan fingerprint density at radius 3 is 2.36 bits per heavy atom. The van der Waals surface area contributed by atoms with Crippen molar-refractivity contribution in [2.24, 2.45) is 5.73 Å². The summed E-state index contributed by atoms with van der Waals surface area (Å²) in [6.45, 7) is 1.36. The van der Waals surface area contributed by atoms with Crippen LogP contribution in [0.3, 0.4) is 0 Å². The molecule has 0 radical (unpaired) electrons. The number of hydrogen-bond donors (Lipinski definition) is 4. The van der Waals surface area contributed by atoms with Crippen molar-refractivity contribution in [1.82, 2.24) is 0 Å². The zero-order valence-electron chi connectivity index (χ0n) is 8.14. The van der Waals surface area contributed by atoms with Gasteiger partial charge in [0.2, 0.25) is 0 Å². The van der Waals surface area contributed by atoms with Crippen LogP contribution in [0.1, 0.15) is 26.2 Å². The van der Waals surface area contributed by atoms with Gasteiger partial charge in [0.15, 0.2) is 0 Å². The van der Waals surface area contributed by atoms with Crippen LogP contribution in [0.25, 0.3) is 0 Å². The average Bonchev–Trinajstić information content (AvgIpc) is 2.13. The maximum atomic E-state index is 10.3. The molecule has 0 saturated heterocycles. The number of halogens is 1. The van der Waals surface area contributed by atoms with Gasteiger partial charge in [-0.25, -0.2) is 0 Å². The number of aliphatic hydroxyl groups is 2. The minimum Gasteiger partial charge on any atom is -0.480 e. The van der Waals surface area contributed by atoms with Gasteiger partial charge in [0.05, 0.1) is 12.2 Å². The van der Waals surface area contributed by atoms with Gasteiger partial charge in [-0.2, -0.15) is 0 Å². The molecule has 5 nitrogen and oxygen atoms in total. The summed E-state index contributed by atoms with van der Waals surface area (Å²) in [5.74, 6) is -1.09. The number of hydrogen-bond acceptors (Lipinski definition) is 4. The second-order valence-electron chi connectivity index (χ2n) is 3.22. The van der Waals surface area contributed by atoms with E-state index in [1.54, 1.807) is 6.92 Å². The lowest BCUT2D eigenvalue weighted by Gasteiger charge is -2.24. The minimum absolute atomic E-state index is 0. The number of aliphatic hydroxyl groups excluding tert-OH is 1. The van der Waals surface area contributed by atoms with E-state index in [0.29, 0.717) is 6.42 Å². The van der Waals surface area contributed by atoms with Gasteiger partial charge in [0.1, 0.15) is 6.04 Å². The molecule has 0 fully saturated rings. The summed E-state index contributed by atoms with van der Waals surface area (Å²) in [6, 6.07) is -0.968. The molecule has 2 atom stereocenters. The van der Waals surface area contributed by atoms with E-state index in [0.717, 1.165) is 0 Å². The van der Waals surface area contributed by atoms with E-state index in [-0.39, 0.29) is 31.9 Å². The highest BCUT2D eigenvalue weighted by atomic mass is 35.5. The van der Waals surface area contributed by atoms with Gasteiger partial charge >= 0.3 is 5.97 Å². The Balaban J connectivity index is 0. The molecule has 0 saturated carbocycles. The topological polar surface area (TPSA) is 104 Å². The highest BCUT2D eigenvalue weighted by Crippen LogP contribution is 2.16. The van der Waals surface area contributed by atoms with Crippen molar-refractivity contribution in [1.29, 1.82) is 0 Å². The largest absolute Gasteiger partial charge is 0.480 e. The summed E-state index contributed by atoms with van der Waals surface area (Å²) < 4.78 is 0. The molecule has 5 N–H and O–H groups in total. The van der Waals surface area contributed by atoms with E-state index >= 15 is 0 Å². The third-order valence-corrected chi connectivity index (χ3v) is 2.19. The third kappa shape index (κ3) is 5.39. The van der Waals surface area contributed by atoms with Crippen LogP contribution in [0.15, 0.2) is 0 Å². The van der Waals surface area contributed by atoms with E-state index in [1.165, 1.54) is 0 Å². The summed E-state index contributed by atoms with van der Waals surface area (Å²) in [7, 11) is 0. The zero-order chi connectivity index (χ0) is 10.5. The SMILES string of the molecule is CCC(O)(CO)CCC(N)C(=O)O.Cl. The molecule has 0 bridgehead atoms. The van der Waals surface area contributed by atoms with Gasteiger partial charge in [-0.15, -0.1) is 12.4 Å².